The van der Waals surface area contributed by atoms with Gasteiger partial charge >= 0.3 is 0 Å². The van der Waals surface area contributed by atoms with Gasteiger partial charge in [-0.05, 0) is 37.1 Å². The minimum absolute atomic E-state index is 0.0886. The van der Waals surface area contributed by atoms with Crippen molar-refractivity contribution in [1.29, 1.82) is 0 Å². The molecule has 0 radical (unpaired) electrons. The number of carbonyl (C=O) groups excluding carboxylic acids is 1. The van der Waals surface area contributed by atoms with E-state index in [1.807, 2.05) is 42.5 Å². The van der Waals surface area contributed by atoms with Crippen molar-refractivity contribution in [1.82, 2.24) is 4.90 Å². The normalized spacial score (nSPS) is 14.9. The van der Waals surface area contributed by atoms with Crippen LogP contribution in [0.3, 0.4) is 0 Å². The summed E-state index contributed by atoms with van der Waals surface area (Å²) in [5.74, 6) is 0.0886. The zero-order valence-corrected chi connectivity index (χ0v) is 13.3. The molecule has 0 bridgehead atoms. The van der Waals surface area contributed by atoms with Crippen LogP contribution in [0.5, 0.6) is 0 Å². The Morgan fingerprint density at radius 3 is 2.41 bits per heavy atom. The molecule has 0 aromatic heterocycles. The number of hydrogen-bond donors (Lipinski definition) is 0. The van der Waals surface area contributed by atoms with Crippen molar-refractivity contribution in [3.8, 4) is 0 Å². The van der Waals surface area contributed by atoms with Crippen LogP contribution in [0.1, 0.15) is 39.9 Å². The van der Waals surface area contributed by atoms with Gasteiger partial charge in [0.2, 0.25) is 0 Å². The molecule has 2 aromatic carbocycles. The van der Waals surface area contributed by atoms with E-state index in [1.54, 1.807) is 5.37 Å². The van der Waals surface area contributed by atoms with Crippen LogP contribution in [0.4, 0.5) is 0 Å². The molecule has 1 aliphatic rings. The number of ketones is 1. The molecule has 0 spiro atoms. The Balaban J connectivity index is 1.86. The maximum Gasteiger partial charge on any atom is 0.193 e. The van der Waals surface area contributed by atoms with Gasteiger partial charge in [0.15, 0.2) is 5.78 Å². The summed E-state index contributed by atoms with van der Waals surface area (Å²) < 4.78 is 0. The molecule has 2 aromatic rings. The molecule has 3 heteroatoms. The number of hydrogen-bond acceptors (Lipinski definition) is 3. The number of carbonyl (C=O) groups is 1. The fourth-order valence-corrected chi connectivity index (χ4v) is 3.09. The highest BCUT2D eigenvalue weighted by molar-refractivity contribution is 7.79. The predicted molar refractivity (Wildman–Crippen MR) is 93.6 cm³/mol. The van der Waals surface area contributed by atoms with Crippen LogP contribution in [0, 0.1) is 0 Å². The fourth-order valence-electron chi connectivity index (χ4n) is 2.93. The quantitative estimate of drug-likeness (QED) is 0.618. The lowest BCUT2D eigenvalue weighted by Gasteiger charge is -2.17. The summed E-state index contributed by atoms with van der Waals surface area (Å²) in [6.45, 7) is 3.12. The molecule has 2 nitrogen and oxygen atoms in total. The van der Waals surface area contributed by atoms with Crippen molar-refractivity contribution < 1.29 is 4.79 Å². The molecule has 0 N–H and O–H groups in total. The van der Waals surface area contributed by atoms with Crippen molar-refractivity contribution in [2.75, 3.05) is 13.1 Å². The molecule has 22 heavy (non-hydrogen) atoms. The van der Waals surface area contributed by atoms with Crippen LogP contribution in [0.2, 0.25) is 0 Å². The Kier molecular flexibility index (Phi) is 4.76. The highest BCUT2D eigenvalue weighted by Crippen LogP contribution is 2.19. The molecule has 0 amide bonds. The van der Waals surface area contributed by atoms with Gasteiger partial charge in [0.25, 0.3) is 0 Å². The number of rotatable bonds is 5. The van der Waals surface area contributed by atoms with E-state index in [-0.39, 0.29) is 5.78 Å². The van der Waals surface area contributed by atoms with Gasteiger partial charge < -0.3 is 0 Å². The van der Waals surface area contributed by atoms with E-state index in [9.17, 15) is 4.79 Å². The van der Waals surface area contributed by atoms with Crippen LogP contribution in [-0.2, 0) is 6.54 Å². The number of nitrogens with zero attached hydrogens (tertiary/aromatic N) is 1. The average molecular weight is 309 g/mol. The van der Waals surface area contributed by atoms with Crippen LogP contribution in [0.15, 0.2) is 48.5 Å². The van der Waals surface area contributed by atoms with Crippen LogP contribution in [-0.4, -0.2) is 29.1 Å². The van der Waals surface area contributed by atoms with E-state index in [0.29, 0.717) is 0 Å². The summed E-state index contributed by atoms with van der Waals surface area (Å²) in [4.78, 5) is 15.2. The maximum absolute atomic E-state index is 12.8. The topological polar surface area (TPSA) is 20.3 Å². The Bertz CT molecular complexity index is 672. The summed E-state index contributed by atoms with van der Waals surface area (Å²) in [5.41, 5.74) is 3.60. The van der Waals surface area contributed by atoms with Crippen LogP contribution in [0.25, 0.3) is 0 Å². The number of thiocarbonyl (C=S) groups is 1. The zero-order chi connectivity index (χ0) is 15.4. The Morgan fingerprint density at radius 2 is 1.73 bits per heavy atom. The van der Waals surface area contributed by atoms with Crippen molar-refractivity contribution >= 4 is 23.4 Å². The lowest BCUT2D eigenvalue weighted by Crippen LogP contribution is -2.20. The van der Waals surface area contributed by atoms with E-state index in [0.717, 1.165) is 41.9 Å². The SMILES string of the molecule is O=C(c1ccc(C=S)cc1)c1ccccc1CN1CCCC1. The van der Waals surface area contributed by atoms with E-state index in [4.69, 9.17) is 12.2 Å². The van der Waals surface area contributed by atoms with Crippen LogP contribution < -0.4 is 0 Å². The first-order valence-corrected chi connectivity index (χ1v) is 8.15. The van der Waals surface area contributed by atoms with E-state index >= 15 is 0 Å². The maximum atomic E-state index is 12.8. The van der Waals surface area contributed by atoms with Gasteiger partial charge in [-0.25, -0.2) is 0 Å². The van der Waals surface area contributed by atoms with Crippen LogP contribution >= 0.6 is 12.2 Å². The van der Waals surface area contributed by atoms with Gasteiger partial charge in [-0.3, -0.25) is 9.69 Å². The first kappa shape index (κ1) is 15.1. The number of likely N-dealkylation sites (tertiary alicyclic amines) is 1. The Morgan fingerprint density at radius 1 is 1.05 bits per heavy atom. The first-order valence-electron chi connectivity index (χ1n) is 7.68. The molecule has 0 atom stereocenters. The summed E-state index contributed by atoms with van der Waals surface area (Å²) in [5, 5.41) is 1.62. The number of benzene rings is 2. The van der Waals surface area contributed by atoms with Gasteiger partial charge in [-0.2, -0.15) is 0 Å². The second kappa shape index (κ2) is 6.95. The van der Waals surface area contributed by atoms with Gasteiger partial charge in [-0.1, -0.05) is 60.7 Å². The smallest absolute Gasteiger partial charge is 0.193 e. The monoisotopic (exact) mass is 309 g/mol. The molecule has 0 aliphatic carbocycles. The second-order valence-electron chi connectivity index (χ2n) is 5.71. The largest absolute Gasteiger partial charge is 0.299 e. The predicted octanol–water partition coefficient (Wildman–Crippen LogP) is 3.86. The second-order valence-corrected chi connectivity index (χ2v) is 5.95. The van der Waals surface area contributed by atoms with Gasteiger partial charge in [-0.15, -0.1) is 0 Å². The molecular weight excluding hydrogens is 290 g/mol. The average Bonchev–Trinajstić information content (AvgIpc) is 3.08. The minimum Gasteiger partial charge on any atom is -0.299 e. The molecule has 3 rings (SSSR count). The van der Waals surface area contributed by atoms with Gasteiger partial charge in [0.1, 0.15) is 0 Å². The van der Waals surface area contributed by atoms with E-state index in [1.165, 1.54) is 12.8 Å². The highest BCUT2D eigenvalue weighted by atomic mass is 32.1. The third kappa shape index (κ3) is 3.32. The minimum atomic E-state index is 0.0886. The van der Waals surface area contributed by atoms with Crippen molar-refractivity contribution in [3.05, 3.63) is 70.8 Å². The standard InChI is InChI=1S/C19H19NOS/c21-19(16-9-7-15(14-22)8-10-16)18-6-2-1-5-17(18)13-20-11-3-4-12-20/h1-2,5-10,14H,3-4,11-13H2. The summed E-state index contributed by atoms with van der Waals surface area (Å²) >= 11 is 4.91. The Labute approximate surface area is 136 Å². The summed E-state index contributed by atoms with van der Waals surface area (Å²) in [7, 11) is 0. The van der Waals surface area contributed by atoms with Gasteiger partial charge in [0, 0.05) is 23.0 Å². The molecular formula is C19H19NOS. The molecule has 1 aliphatic heterocycles. The van der Waals surface area contributed by atoms with Gasteiger partial charge in [0.05, 0.1) is 0 Å². The molecule has 112 valence electrons. The lowest BCUT2D eigenvalue weighted by molar-refractivity contribution is 0.103. The summed E-state index contributed by atoms with van der Waals surface area (Å²) in [6, 6.07) is 15.4. The van der Waals surface area contributed by atoms with E-state index in [2.05, 4.69) is 11.0 Å². The molecule has 0 saturated carbocycles. The highest BCUT2D eigenvalue weighted by Gasteiger charge is 2.17. The molecule has 1 heterocycles. The third-order valence-corrected chi connectivity index (χ3v) is 4.44. The third-order valence-electron chi connectivity index (χ3n) is 4.16. The zero-order valence-electron chi connectivity index (χ0n) is 12.5. The van der Waals surface area contributed by atoms with Crippen molar-refractivity contribution in [2.45, 2.75) is 19.4 Å². The summed E-state index contributed by atoms with van der Waals surface area (Å²) in [6.07, 6.45) is 2.52. The lowest BCUT2D eigenvalue weighted by atomic mass is 9.97. The van der Waals surface area contributed by atoms with Crippen molar-refractivity contribution in [3.63, 3.8) is 0 Å². The molecule has 1 saturated heterocycles. The fraction of sp³-hybridized carbons (Fsp3) is 0.263. The van der Waals surface area contributed by atoms with Crippen molar-refractivity contribution in [2.24, 2.45) is 0 Å². The first-order chi connectivity index (χ1) is 10.8. The molecule has 1 fully saturated rings. The molecule has 0 unspecified atom stereocenters. The Hall–Kier alpha value is -1.84. The van der Waals surface area contributed by atoms with E-state index < -0.39 is 0 Å².